The molecule has 2 aliphatic carbocycles. The fourth-order valence-corrected chi connectivity index (χ4v) is 6.00. The van der Waals surface area contributed by atoms with Crippen LogP contribution >= 0.6 is 23.2 Å². The molecule has 0 N–H and O–H groups in total. The topological polar surface area (TPSA) is 107 Å². The Morgan fingerprint density at radius 3 is 1.93 bits per heavy atom. The van der Waals surface area contributed by atoms with Crippen molar-refractivity contribution < 1.29 is 33.4 Å². The summed E-state index contributed by atoms with van der Waals surface area (Å²) in [6.45, 7) is -0.509. The molecule has 2 amide bonds. The number of halogens is 2. The standard InChI is InChI=1S/C31H21Cl2NO7/c32-23-12-7-20(14-24(23)33)31(39)41-22-10-5-16(6-11-22)25(35)15-40-30(38)17-3-8-21(9-4-17)34-28(36)26-18-1-2-19(13-18)27(26)29(34)37/h1-12,14,18-19,26-27H,13,15H2. The van der Waals surface area contributed by atoms with Crippen molar-refractivity contribution in [1.29, 1.82) is 0 Å². The summed E-state index contributed by atoms with van der Waals surface area (Å²) in [6.07, 6.45) is 4.91. The molecule has 1 heterocycles. The van der Waals surface area contributed by atoms with Crippen molar-refractivity contribution in [2.45, 2.75) is 6.42 Å². The Bertz CT molecular complexity index is 1600. The smallest absolute Gasteiger partial charge is 0.343 e. The molecule has 1 saturated heterocycles. The van der Waals surface area contributed by atoms with E-state index in [-0.39, 0.29) is 62.9 Å². The predicted octanol–water partition coefficient (Wildman–Crippen LogP) is 5.56. The summed E-state index contributed by atoms with van der Waals surface area (Å²) in [7, 11) is 0. The van der Waals surface area contributed by atoms with E-state index in [9.17, 15) is 24.0 Å². The van der Waals surface area contributed by atoms with Gasteiger partial charge in [0.1, 0.15) is 5.75 Å². The van der Waals surface area contributed by atoms with Gasteiger partial charge in [-0.3, -0.25) is 19.3 Å². The maximum atomic E-state index is 13.0. The van der Waals surface area contributed by atoms with Crippen molar-refractivity contribution >= 4 is 58.4 Å². The van der Waals surface area contributed by atoms with Crippen LogP contribution in [0.4, 0.5) is 5.69 Å². The third-order valence-corrected chi connectivity index (χ3v) is 8.45. The Balaban J connectivity index is 1.03. The monoisotopic (exact) mass is 589 g/mol. The van der Waals surface area contributed by atoms with Gasteiger partial charge in [0, 0.05) is 5.56 Å². The van der Waals surface area contributed by atoms with Gasteiger partial charge in [-0.25, -0.2) is 9.59 Å². The van der Waals surface area contributed by atoms with Gasteiger partial charge in [-0.15, -0.1) is 0 Å². The van der Waals surface area contributed by atoms with Gasteiger partial charge in [-0.05, 0) is 85.0 Å². The number of imide groups is 1. The van der Waals surface area contributed by atoms with E-state index in [2.05, 4.69) is 0 Å². The number of rotatable bonds is 7. The summed E-state index contributed by atoms with van der Waals surface area (Å²) < 4.78 is 10.5. The number of carbonyl (C=O) groups excluding carboxylic acids is 5. The van der Waals surface area contributed by atoms with Gasteiger partial charge >= 0.3 is 11.9 Å². The van der Waals surface area contributed by atoms with E-state index < -0.39 is 24.3 Å². The van der Waals surface area contributed by atoms with E-state index in [4.69, 9.17) is 32.7 Å². The first kappa shape index (κ1) is 26.9. The lowest BCUT2D eigenvalue weighted by Crippen LogP contribution is -2.32. The fourth-order valence-electron chi connectivity index (χ4n) is 5.70. The maximum Gasteiger partial charge on any atom is 0.343 e. The summed E-state index contributed by atoms with van der Waals surface area (Å²) in [5.41, 5.74) is 1.04. The van der Waals surface area contributed by atoms with Crippen LogP contribution in [-0.2, 0) is 14.3 Å². The van der Waals surface area contributed by atoms with Crippen molar-refractivity contribution in [2.24, 2.45) is 23.7 Å². The molecular weight excluding hydrogens is 569 g/mol. The molecular formula is C31H21Cl2NO7. The van der Waals surface area contributed by atoms with Gasteiger partial charge in [-0.2, -0.15) is 0 Å². The molecule has 6 rings (SSSR count). The maximum absolute atomic E-state index is 13.0. The minimum Gasteiger partial charge on any atom is -0.454 e. The van der Waals surface area contributed by atoms with E-state index in [1.165, 1.54) is 71.6 Å². The van der Waals surface area contributed by atoms with Crippen molar-refractivity contribution in [2.75, 3.05) is 11.5 Å². The first-order chi connectivity index (χ1) is 19.7. The van der Waals surface area contributed by atoms with Crippen LogP contribution in [0.15, 0.2) is 78.9 Å². The first-order valence-corrected chi connectivity index (χ1v) is 13.6. The Hall–Kier alpha value is -4.27. The zero-order valence-corrected chi connectivity index (χ0v) is 22.8. The van der Waals surface area contributed by atoms with Gasteiger partial charge in [0.25, 0.3) is 0 Å². The van der Waals surface area contributed by atoms with Crippen LogP contribution in [0.1, 0.15) is 37.5 Å². The lowest BCUT2D eigenvalue weighted by molar-refractivity contribution is -0.123. The summed E-state index contributed by atoms with van der Waals surface area (Å²) in [6, 6.07) is 16.1. The minimum absolute atomic E-state index is 0.110. The van der Waals surface area contributed by atoms with E-state index in [0.717, 1.165) is 6.42 Å². The normalized spacial score (nSPS) is 22.1. The molecule has 4 atom stereocenters. The highest BCUT2D eigenvalue weighted by Crippen LogP contribution is 2.53. The molecule has 1 saturated carbocycles. The number of Topliss-reactive ketones (excluding diaryl/α,β-unsaturated/α-hetero) is 1. The Kier molecular flexibility index (Phi) is 6.97. The average Bonchev–Trinajstić information content (AvgIpc) is 3.67. The van der Waals surface area contributed by atoms with E-state index in [1.54, 1.807) is 0 Å². The summed E-state index contributed by atoms with van der Waals surface area (Å²) in [5, 5.41) is 0.529. The summed E-state index contributed by atoms with van der Waals surface area (Å²) >= 11 is 11.8. The van der Waals surface area contributed by atoms with Crippen LogP contribution in [0.2, 0.25) is 10.0 Å². The lowest BCUT2D eigenvalue weighted by Gasteiger charge is -2.17. The van der Waals surface area contributed by atoms with Crippen molar-refractivity contribution in [3.05, 3.63) is 106 Å². The summed E-state index contributed by atoms with van der Waals surface area (Å²) in [4.78, 5) is 64.6. The highest BCUT2D eigenvalue weighted by molar-refractivity contribution is 6.42. The molecule has 41 heavy (non-hydrogen) atoms. The molecule has 0 aromatic heterocycles. The second kappa shape index (κ2) is 10.6. The number of esters is 2. The van der Waals surface area contributed by atoms with Crippen molar-refractivity contribution in [1.82, 2.24) is 0 Å². The zero-order valence-electron chi connectivity index (χ0n) is 21.3. The molecule has 2 fully saturated rings. The second-order valence-electron chi connectivity index (χ2n) is 10.1. The number of amides is 2. The number of carbonyl (C=O) groups is 5. The molecule has 1 aliphatic heterocycles. The molecule has 10 heteroatoms. The zero-order chi connectivity index (χ0) is 28.8. The highest BCUT2D eigenvalue weighted by atomic mass is 35.5. The number of hydrogen-bond donors (Lipinski definition) is 0. The van der Waals surface area contributed by atoms with Crippen LogP contribution in [0, 0.1) is 23.7 Å². The molecule has 0 spiro atoms. The first-order valence-electron chi connectivity index (χ1n) is 12.8. The molecule has 0 radical (unpaired) electrons. The van der Waals surface area contributed by atoms with Crippen molar-refractivity contribution in [3.8, 4) is 5.75 Å². The van der Waals surface area contributed by atoms with E-state index in [1.807, 2.05) is 12.2 Å². The van der Waals surface area contributed by atoms with Crippen LogP contribution < -0.4 is 9.64 Å². The van der Waals surface area contributed by atoms with Crippen LogP contribution in [0.25, 0.3) is 0 Å². The summed E-state index contributed by atoms with van der Waals surface area (Å²) in [5.74, 6) is -2.42. The average molecular weight is 590 g/mol. The third-order valence-electron chi connectivity index (χ3n) is 7.71. The molecule has 4 unspecified atom stereocenters. The van der Waals surface area contributed by atoms with E-state index >= 15 is 0 Å². The number of nitrogens with zero attached hydrogens (tertiary/aromatic N) is 1. The minimum atomic E-state index is -0.727. The SMILES string of the molecule is O=C(COC(=O)c1ccc(N2C(=O)C3C4C=CC(C4)C3C2=O)cc1)c1ccc(OC(=O)c2ccc(Cl)c(Cl)c2)cc1. The Labute approximate surface area is 244 Å². The molecule has 8 nitrogen and oxygen atoms in total. The van der Waals surface area contributed by atoms with Gasteiger partial charge in [0.05, 0.1) is 38.7 Å². The highest BCUT2D eigenvalue weighted by Gasteiger charge is 2.59. The number of ketones is 1. The molecule has 2 bridgehead atoms. The van der Waals surface area contributed by atoms with Gasteiger partial charge < -0.3 is 9.47 Å². The van der Waals surface area contributed by atoms with Crippen molar-refractivity contribution in [3.63, 3.8) is 0 Å². The molecule has 206 valence electrons. The fraction of sp³-hybridized carbons (Fsp3) is 0.194. The second-order valence-corrected chi connectivity index (χ2v) is 10.9. The number of ether oxygens (including phenoxy) is 2. The molecule has 3 aromatic carbocycles. The van der Waals surface area contributed by atoms with Gasteiger partial charge in [0.2, 0.25) is 11.8 Å². The Morgan fingerprint density at radius 2 is 1.32 bits per heavy atom. The number of hydrogen-bond acceptors (Lipinski definition) is 7. The quantitative estimate of drug-likeness (QED) is 0.117. The van der Waals surface area contributed by atoms with E-state index in [0.29, 0.717) is 10.7 Å². The van der Waals surface area contributed by atoms with Gasteiger partial charge in [0.15, 0.2) is 12.4 Å². The van der Waals surface area contributed by atoms with Gasteiger partial charge in [-0.1, -0.05) is 35.4 Å². The Morgan fingerprint density at radius 1 is 0.732 bits per heavy atom. The third kappa shape index (κ3) is 4.94. The molecule has 3 aliphatic rings. The predicted molar refractivity (Wildman–Crippen MR) is 149 cm³/mol. The van der Waals surface area contributed by atoms with Crippen LogP contribution in [-0.4, -0.2) is 36.1 Å². The number of benzene rings is 3. The van der Waals surface area contributed by atoms with Crippen LogP contribution in [0.5, 0.6) is 5.75 Å². The number of fused-ring (bicyclic) bond motifs is 5. The number of anilines is 1. The largest absolute Gasteiger partial charge is 0.454 e. The lowest BCUT2D eigenvalue weighted by atomic mass is 9.85. The van der Waals surface area contributed by atoms with Crippen LogP contribution in [0.3, 0.4) is 0 Å². The number of allylic oxidation sites excluding steroid dienone is 2. The molecule has 3 aromatic rings.